The first kappa shape index (κ1) is 13.6. The normalized spacial score (nSPS) is 22.0. The van der Waals surface area contributed by atoms with Crippen LogP contribution in [-0.2, 0) is 7.05 Å². The van der Waals surface area contributed by atoms with Crippen molar-refractivity contribution >= 4 is 21.8 Å². The molecule has 2 rings (SSSR count). The summed E-state index contributed by atoms with van der Waals surface area (Å²) < 4.78 is 2.72. The fourth-order valence-electron chi connectivity index (χ4n) is 2.60. The van der Waals surface area contributed by atoms with Gasteiger partial charge in [0.15, 0.2) is 0 Å². The molecule has 4 nitrogen and oxygen atoms in total. The Labute approximate surface area is 116 Å². The van der Waals surface area contributed by atoms with Gasteiger partial charge in [-0.2, -0.15) is 0 Å². The van der Waals surface area contributed by atoms with Gasteiger partial charge in [0.05, 0.1) is 12.1 Å². The monoisotopic (exact) mass is 314 g/mol. The van der Waals surface area contributed by atoms with Crippen molar-refractivity contribution in [2.45, 2.75) is 38.3 Å². The first-order valence-electron chi connectivity index (χ1n) is 6.31. The fourth-order valence-corrected chi connectivity index (χ4v) is 3.12. The summed E-state index contributed by atoms with van der Waals surface area (Å²) >= 11 is 3.38. The standard InChI is InChI=1S/C13H19BrN2O2/c1-9(17)11-5-3-4-6-16(11)13(18)12-7-10(14)8-15(12)2/h7-9,11,17H,3-6H2,1-2H3/t9-,11-/m0/s1. The molecule has 0 radical (unpaired) electrons. The van der Waals surface area contributed by atoms with Crippen molar-refractivity contribution in [1.82, 2.24) is 9.47 Å². The summed E-state index contributed by atoms with van der Waals surface area (Å²) in [6.45, 7) is 2.49. The lowest BCUT2D eigenvalue weighted by Crippen LogP contribution is -2.49. The zero-order valence-corrected chi connectivity index (χ0v) is 12.4. The van der Waals surface area contributed by atoms with Gasteiger partial charge >= 0.3 is 0 Å². The number of aromatic nitrogens is 1. The molecular formula is C13H19BrN2O2. The van der Waals surface area contributed by atoms with Crippen LogP contribution in [0.1, 0.15) is 36.7 Å². The van der Waals surface area contributed by atoms with E-state index in [1.807, 2.05) is 28.8 Å². The molecule has 0 bridgehead atoms. The average molecular weight is 315 g/mol. The molecule has 5 heteroatoms. The minimum atomic E-state index is -0.474. The second-order valence-corrected chi connectivity index (χ2v) is 5.87. The zero-order valence-electron chi connectivity index (χ0n) is 10.8. The number of halogens is 1. The van der Waals surface area contributed by atoms with Crippen molar-refractivity contribution < 1.29 is 9.90 Å². The number of aliphatic hydroxyl groups is 1. The van der Waals surface area contributed by atoms with Crippen molar-refractivity contribution in [3.63, 3.8) is 0 Å². The Morgan fingerprint density at radius 2 is 2.28 bits per heavy atom. The molecule has 2 heterocycles. The number of rotatable bonds is 2. The second-order valence-electron chi connectivity index (χ2n) is 4.96. The summed E-state index contributed by atoms with van der Waals surface area (Å²) in [6.07, 6.45) is 4.37. The number of carbonyl (C=O) groups excluding carboxylic acids is 1. The van der Waals surface area contributed by atoms with Crippen LogP contribution in [0.5, 0.6) is 0 Å². The van der Waals surface area contributed by atoms with Crippen LogP contribution in [0.15, 0.2) is 16.7 Å². The summed E-state index contributed by atoms with van der Waals surface area (Å²) in [5.41, 5.74) is 0.662. The van der Waals surface area contributed by atoms with Gasteiger partial charge in [-0.1, -0.05) is 0 Å². The summed E-state index contributed by atoms with van der Waals surface area (Å²) in [6, 6.07) is 1.77. The highest BCUT2D eigenvalue weighted by Crippen LogP contribution is 2.23. The molecule has 1 fully saturated rings. The molecule has 1 saturated heterocycles. The van der Waals surface area contributed by atoms with E-state index in [2.05, 4.69) is 15.9 Å². The van der Waals surface area contributed by atoms with Gasteiger partial charge in [-0.3, -0.25) is 4.79 Å². The highest BCUT2D eigenvalue weighted by atomic mass is 79.9. The van der Waals surface area contributed by atoms with Crippen LogP contribution < -0.4 is 0 Å². The van der Waals surface area contributed by atoms with Gasteiger partial charge in [-0.25, -0.2) is 0 Å². The molecular weight excluding hydrogens is 296 g/mol. The van der Waals surface area contributed by atoms with Gasteiger partial charge < -0.3 is 14.6 Å². The summed E-state index contributed by atoms with van der Waals surface area (Å²) in [5.74, 6) is 0.00815. The van der Waals surface area contributed by atoms with Crippen LogP contribution in [0.3, 0.4) is 0 Å². The lowest BCUT2D eigenvalue weighted by atomic mass is 9.98. The number of hydrogen-bond donors (Lipinski definition) is 1. The molecule has 0 saturated carbocycles. The molecule has 1 aliphatic heterocycles. The first-order chi connectivity index (χ1) is 8.50. The first-order valence-corrected chi connectivity index (χ1v) is 7.11. The summed E-state index contributed by atoms with van der Waals surface area (Å²) in [4.78, 5) is 14.3. The summed E-state index contributed by atoms with van der Waals surface area (Å²) in [5, 5.41) is 9.81. The molecule has 1 aromatic heterocycles. The third-order valence-electron chi connectivity index (χ3n) is 3.56. The van der Waals surface area contributed by atoms with Crippen molar-refractivity contribution in [1.29, 1.82) is 0 Å². The van der Waals surface area contributed by atoms with E-state index in [0.29, 0.717) is 5.69 Å². The Hall–Kier alpha value is -0.810. The lowest BCUT2D eigenvalue weighted by molar-refractivity contribution is 0.0274. The fraction of sp³-hybridized carbons (Fsp3) is 0.615. The van der Waals surface area contributed by atoms with Gasteiger partial charge in [-0.15, -0.1) is 0 Å². The average Bonchev–Trinajstić information content (AvgIpc) is 2.67. The van der Waals surface area contributed by atoms with Crippen LogP contribution in [0, 0.1) is 0 Å². The Morgan fingerprint density at radius 3 is 2.83 bits per heavy atom. The number of likely N-dealkylation sites (tertiary alicyclic amines) is 1. The van der Waals surface area contributed by atoms with Crippen molar-refractivity contribution in [2.24, 2.45) is 7.05 Å². The van der Waals surface area contributed by atoms with Crippen LogP contribution in [0.25, 0.3) is 0 Å². The van der Waals surface area contributed by atoms with E-state index in [1.165, 1.54) is 0 Å². The van der Waals surface area contributed by atoms with Gasteiger partial charge in [0, 0.05) is 24.3 Å². The quantitative estimate of drug-likeness (QED) is 0.909. The van der Waals surface area contributed by atoms with E-state index in [1.54, 1.807) is 6.92 Å². The molecule has 1 N–H and O–H groups in total. The third kappa shape index (κ3) is 2.62. The van der Waals surface area contributed by atoms with Crippen LogP contribution in [0.2, 0.25) is 0 Å². The predicted molar refractivity (Wildman–Crippen MR) is 73.5 cm³/mol. The molecule has 1 amide bonds. The molecule has 0 aromatic carbocycles. The number of amides is 1. The maximum absolute atomic E-state index is 12.5. The number of nitrogens with zero attached hydrogens (tertiary/aromatic N) is 2. The van der Waals surface area contributed by atoms with E-state index < -0.39 is 6.10 Å². The Kier molecular flexibility index (Phi) is 4.12. The van der Waals surface area contributed by atoms with Gasteiger partial charge in [-0.05, 0) is 48.2 Å². The topological polar surface area (TPSA) is 45.5 Å². The van der Waals surface area contributed by atoms with E-state index in [9.17, 15) is 9.90 Å². The van der Waals surface area contributed by atoms with Crippen LogP contribution in [-0.4, -0.2) is 39.2 Å². The second kappa shape index (κ2) is 5.45. The smallest absolute Gasteiger partial charge is 0.270 e. The molecule has 0 spiro atoms. The van der Waals surface area contributed by atoms with E-state index in [0.717, 1.165) is 30.3 Å². The third-order valence-corrected chi connectivity index (χ3v) is 3.99. The van der Waals surface area contributed by atoms with E-state index in [-0.39, 0.29) is 11.9 Å². The van der Waals surface area contributed by atoms with Crippen LogP contribution in [0.4, 0.5) is 0 Å². The maximum Gasteiger partial charge on any atom is 0.270 e. The number of aryl methyl sites for hydroxylation is 1. The maximum atomic E-state index is 12.5. The van der Waals surface area contributed by atoms with Gasteiger partial charge in [0.2, 0.25) is 0 Å². The number of aliphatic hydroxyl groups excluding tert-OH is 1. The molecule has 0 unspecified atom stereocenters. The van der Waals surface area contributed by atoms with Crippen molar-refractivity contribution in [3.8, 4) is 0 Å². The van der Waals surface area contributed by atoms with Crippen molar-refractivity contribution in [3.05, 3.63) is 22.4 Å². The molecule has 1 aromatic rings. The van der Waals surface area contributed by atoms with Crippen LogP contribution >= 0.6 is 15.9 Å². The predicted octanol–water partition coefficient (Wildman–Crippen LogP) is 2.16. The Bertz CT molecular complexity index is 442. The summed E-state index contributed by atoms with van der Waals surface area (Å²) in [7, 11) is 1.86. The Morgan fingerprint density at radius 1 is 1.56 bits per heavy atom. The van der Waals surface area contributed by atoms with Crippen molar-refractivity contribution in [2.75, 3.05) is 6.54 Å². The molecule has 2 atom stereocenters. The lowest BCUT2D eigenvalue weighted by Gasteiger charge is -2.37. The highest BCUT2D eigenvalue weighted by molar-refractivity contribution is 9.10. The molecule has 18 heavy (non-hydrogen) atoms. The minimum absolute atomic E-state index is 0.00815. The minimum Gasteiger partial charge on any atom is -0.391 e. The molecule has 100 valence electrons. The van der Waals surface area contributed by atoms with Gasteiger partial charge in [0.25, 0.3) is 5.91 Å². The van der Waals surface area contributed by atoms with Gasteiger partial charge in [0.1, 0.15) is 5.69 Å². The highest BCUT2D eigenvalue weighted by Gasteiger charge is 2.31. The largest absolute Gasteiger partial charge is 0.391 e. The SMILES string of the molecule is C[C@H](O)[C@@H]1CCCCN1C(=O)c1cc(Br)cn1C. The number of piperidine rings is 1. The Balaban J connectivity index is 2.23. The number of hydrogen-bond acceptors (Lipinski definition) is 2. The molecule has 1 aliphatic rings. The zero-order chi connectivity index (χ0) is 13.3. The van der Waals surface area contributed by atoms with E-state index in [4.69, 9.17) is 0 Å². The van der Waals surface area contributed by atoms with E-state index >= 15 is 0 Å². The molecule has 0 aliphatic carbocycles. The number of carbonyl (C=O) groups is 1.